The third-order valence-corrected chi connectivity index (χ3v) is 4.31. The summed E-state index contributed by atoms with van der Waals surface area (Å²) in [4.78, 5) is 13.9. The third-order valence-electron chi connectivity index (χ3n) is 4.31. The minimum absolute atomic E-state index is 0.345. The Hall–Kier alpha value is -2.07. The normalized spacial score (nSPS) is 15.8. The molecular weight excluding hydrogens is 276 g/mol. The first kappa shape index (κ1) is 14.9. The van der Waals surface area contributed by atoms with E-state index in [2.05, 4.69) is 10.2 Å². The molecule has 2 aromatic rings. The van der Waals surface area contributed by atoms with E-state index in [9.17, 15) is 9.90 Å². The van der Waals surface area contributed by atoms with Gasteiger partial charge in [0.25, 0.3) is 0 Å². The minimum atomic E-state index is -0.883. The lowest BCUT2D eigenvalue weighted by Gasteiger charge is -2.26. The summed E-state index contributed by atoms with van der Waals surface area (Å²) in [5, 5.41) is 14.8. The van der Waals surface area contributed by atoms with E-state index in [0.29, 0.717) is 11.3 Å². The van der Waals surface area contributed by atoms with Crippen LogP contribution >= 0.6 is 0 Å². The van der Waals surface area contributed by atoms with Crippen molar-refractivity contribution >= 4 is 22.4 Å². The van der Waals surface area contributed by atoms with Crippen LogP contribution in [0.2, 0.25) is 0 Å². The first-order chi connectivity index (χ1) is 10.7. The fourth-order valence-electron chi connectivity index (χ4n) is 3.10. The molecule has 0 amide bonds. The smallest absolute Gasteiger partial charge is 0.337 e. The number of piperidine rings is 1. The Morgan fingerprint density at radius 2 is 1.77 bits per heavy atom. The molecule has 1 aliphatic heterocycles. The Morgan fingerprint density at radius 3 is 2.45 bits per heavy atom. The first-order valence-corrected chi connectivity index (χ1v) is 7.96. The number of carbonyl (C=O) groups is 1. The largest absolute Gasteiger partial charge is 0.478 e. The molecular formula is C18H22N2O2. The Balaban J connectivity index is 1.73. The summed E-state index contributed by atoms with van der Waals surface area (Å²) in [5.41, 5.74) is 1.06. The van der Waals surface area contributed by atoms with Crippen LogP contribution in [0.1, 0.15) is 29.6 Å². The van der Waals surface area contributed by atoms with Gasteiger partial charge in [-0.05, 0) is 48.8 Å². The van der Waals surface area contributed by atoms with Gasteiger partial charge in [-0.25, -0.2) is 4.79 Å². The Morgan fingerprint density at radius 1 is 1.09 bits per heavy atom. The molecule has 4 heteroatoms. The molecule has 3 rings (SSSR count). The van der Waals surface area contributed by atoms with Gasteiger partial charge in [0.2, 0.25) is 0 Å². The molecule has 1 saturated heterocycles. The van der Waals surface area contributed by atoms with Gasteiger partial charge >= 0.3 is 5.97 Å². The number of aromatic carboxylic acids is 1. The number of anilines is 1. The van der Waals surface area contributed by atoms with Crippen LogP contribution in [-0.2, 0) is 0 Å². The van der Waals surface area contributed by atoms with Crippen molar-refractivity contribution in [1.29, 1.82) is 0 Å². The predicted molar refractivity (Wildman–Crippen MR) is 89.7 cm³/mol. The fraction of sp³-hybridized carbons (Fsp3) is 0.389. The van der Waals surface area contributed by atoms with Crippen LogP contribution in [0.4, 0.5) is 5.69 Å². The van der Waals surface area contributed by atoms with E-state index in [1.807, 2.05) is 30.3 Å². The van der Waals surface area contributed by atoms with Crippen LogP contribution in [0.5, 0.6) is 0 Å². The fourth-order valence-corrected chi connectivity index (χ4v) is 3.10. The maximum Gasteiger partial charge on any atom is 0.337 e. The number of hydrogen-bond acceptors (Lipinski definition) is 3. The second kappa shape index (κ2) is 6.79. The number of carboxylic acid groups (broad SMARTS) is 1. The molecule has 0 spiro atoms. The first-order valence-electron chi connectivity index (χ1n) is 7.96. The molecule has 2 N–H and O–H groups in total. The summed E-state index contributed by atoms with van der Waals surface area (Å²) in [5.74, 6) is -0.883. The molecule has 0 unspecified atom stereocenters. The highest BCUT2D eigenvalue weighted by atomic mass is 16.4. The number of hydrogen-bond donors (Lipinski definition) is 2. The molecule has 1 heterocycles. The van der Waals surface area contributed by atoms with Gasteiger partial charge in [-0.2, -0.15) is 0 Å². The van der Waals surface area contributed by atoms with Gasteiger partial charge in [-0.1, -0.05) is 30.7 Å². The van der Waals surface area contributed by atoms with Crippen molar-refractivity contribution in [2.45, 2.75) is 19.3 Å². The number of likely N-dealkylation sites (tertiary alicyclic amines) is 1. The molecule has 0 bridgehead atoms. The summed E-state index contributed by atoms with van der Waals surface area (Å²) in [7, 11) is 0. The van der Waals surface area contributed by atoms with Gasteiger partial charge < -0.3 is 15.3 Å². The lowest BCUT2D eigenvalue weighted by molar-refractivity contribution is 0.0698. The van der Waals surface area contributed by atoms with Crippen molar-refractivity contribution in [1.82, 2.24) is 4.90 Å². The summed E-state index contributed by atoms with van der Waals surface area (Å²) >= 11 is 0. The minimum Gasteiger partial charge on any atom is -0.478 e. The van der Waals surface area contributed by atoms with Crippen LogP contribution in [0.15, 0.2) is 36.4 Å². The highest BCUT2D eigenvalue weighted by Crippen LogP contribution is 2.24. The van der Waals surface area contributed by atoms with Crippen molar-refractivity contribution in [3.63, 3.8) is 0 Å². The van der Waals surface area contributed by atoms with Crippen LogP contribution in [0.25, 0.3) is 10.8 Å². The summed E-state index contributed by atoms with van der Waals surface area (Å²) in [6, 6.07) is 11.5. The predicted octanol–water partition coefficient (Wildman–Crippen LogP) is 3.44. The highest BCUT2D eigenvalue weighted by molar-refractivity contribution is 6.00. The number of benzene rings is 2. The Kier molecular flexibility index (Phi) is 4.59. The van der Waals surface area contributed by atoms with Gasteiger partial charge in [-0.3, -0.25) is 0 Å². The summed E-state index contributed by atoms with van der Waals surface area (Å²) in [6.45, 7) is 4.06. The van der Waals surface area contributed by atoms with Crippen molar-refractivity contribution < 1.29 is 9.90 Å². The van der Waals surface area contributed by atoms with E-state index in [0.717, 1.165) is 37.0 Å². The van der Waals surface area contributed by atoms with E-state index in [4.69, 9.17) is 0 Å². The average Bonchev–Trinajstić information content (AvgIpc) is 2.55. The molecule has 116 valence electrons. The van der Waals surface area contributed by atoms with Crippen LogP contribution in [-0.4, -0.2) is 42.2 Å². The monoisotopic (exact) mass is 298 g/mol. The number of rotatable bonds is 5. The molecule has 22 heavy (non-hydrogen) atoms. The Labute approximate surface area is 130 Å². The van der Waals surface area contributed by atoms with Crippen LogP contribution in [0.3, 0.4) is 0 Å². The zero-order valence-corrected chi connectivity index (χ0v) is 12.7. The maximum atomic E-state index is 11.5. The van der Waals surface area contributed by atoms with Crippen molar-refractivity contribution in [2.24, 2.45) is 0 Å². The molecule has 0 aromatic heterocycles. The van der Waals surface area contributed by atoms with E-state index < -0.39 is 5.97 Å². The molecule has 2 aromatic carbocycles. The Bertz CT molecular complexity index is 663. The van der Waals surface area contributed by atoms with Gasteiger partial charge in [0.05, 0.1) is 5.56 Å². The van der Waals surface area contributed by atoms with Gasteiger partial charge in [0.15, 0.2) is 0 Å². The quantitative estimate of drug-likeness (QED) is 0.888. The molecule has 1 aliphatic rings. The zero-order valence-electron chi connectivity index (χ0n) is 12.7. The van der Waals surface area contributed by atoms with Gasteiger partial charge in [0.1, 0.15) is 0 Å². The average molecular weight is 298 g/mol. The number of fused-ring (bicyclic) bond motifs is 1. The lowest BCUT2D eigenvalue weighted by Crippen LogP contribution is -2.33. The molecule has 4 nitrogen and oxygen atoms in total. The molecule has 0 aliphatic carbocycles. The lowest BCUT2D eigenvalue weighted by atomic mass is 10.0. The molecule has 1 fully saturated rings. The second-order valence-electron chi connectivity index (χ2n) is 5.88. The third kappa shape index (κ3) is 3.39. The summed E-state index contributed by atoms with van der Waals surface area (Å²) < 4.78 is 0. The number of nitrogens with zero attached hydrogens (tertiary/aromatic N) is 1. The molecule has 0 atom stereocenters. The van der Waals surface area contributed by atoms with Crippen molar-refractivity contribution in [3.05, 3.63) is 42.0 Å². The van der Waals surface area contributed by atoms with Gasteiger partial charge in [0, 0.05) is 18.8 Å². The zero-order chi connectivity index (χ0) is 15.4. The number of nitrogens with one attached hydrogen (secondary N) is 1. The van der Waals surface area contributed by atoms with E-state index >= 15 is 0 Å². The highest BCUT2D eigenvalue weighted by Gasteiger charge is 2.13. The van der Waals surface area contributed by atoms with Crippen LogP contribution in [0, 0.1) is 0 Å². The van der Waals surface area contributed by atoms with Gasteiger partial charge in [-0.15, -0.1) is 0 Å². The number of carboxylic acids is 1. The van der Waals surface area contributed by atoms with E-state index in [-0.39, 0.29) is 0 Å². The van der Waals surface area contributed by atoms with E-state index in [1.54, 1.807) is 6.07 Å². The standard InChI is InChI=1S/C18H22N2O2/c21-18(22)16-12-14-6-2-3-7-15(14)13-17(16)19-8-11-20-9-4-1-5-10-20/h2-3,6-7,12-13,19H,1,4-5,8-11H2,(H,21,22). The molecule has 0 radical (unpaired) electrons. The second-order valence-corrected chi connectivity index (χ2v) is 5.88. The van der Waals surface area contributed by atoms with E-state index in [1.165, 1.54) is 19.3 Å². The summed E-state index contributed by atoms with van der Waals surface area (Å²) in [6.07, 6.45) is 3.88. The topological polar surface area (TPSA) is 52.6 Å². The van der Waals surface area contributed by atoms with Crippen LogP contribution < -0.4 is 5.32 Å². The van der Waals surface area contributed by atoms with Crippen molar-refractivity contribution in [2.75, 3.05) is 31.5 Å². The SMILES string of the molecule is O=C(O)c1cc2ccccc2cc1NCCN1CCCCC1. The molecule has 0 saturated carbocycles. The van der Waals surface area contributed by atoms with Crippen molar-refractivity contribution in [3.8, 4) is 0 Å². The maximum absolute atomic E-state index is 11.5.